The molecule has 2 N–H and O–H groups in total. The molecule has 58 valence electrons. The fraction of sp³-hybridized carbons (Fsp3) is 0. The second-order valence-corrected chi connectivity index (χ2v) is 1.93. The maximum Gasteiger partial charge on any atom is 0.149 e. The highest BCUT2D eigenvalue weighted by Gasteiger charge is 2.03. The van der Waals surface area contributed by atoms with Gasteiger partial charge in [0, 0.05) is 0 Å². The van der Waals surface area contributed by atoms with Gasteiger partial charge in [-0.3, -0.25) is 10.6 Å². The van der Waals surface area contributed by atoms with E-state index in [0.29, 0.717) is 11.4 Å². The summed E-state index contributed by atoms with van der Waals surface area (Å²) in [6.07, 6.45) is 0.623. The molecule has 0 spiro atoms. The van der Waals surface area contributed by atoms with Gasteiger partial charge < -0.3 is 0 Å². The Balaban J connectivity index is 3.02. The van der Waals surface area contributed by atoms with E-state index < -0.39 is 5.82 Å². The van der Waals surface area contributed by atoms with E-state index in [1.807, 2.05) is 0 Å². The van der Waals surface area contributed by atoms with Crippen LogP contribution in [0.5, 0.6) is 0 Å². The normalized spacial score (nSPS) is 9.27. The first-order valence-corrected chi connectivity index (χ1v) is 2.99. The summed E-state index contributed by atoms with van der Waals surface area (Å²) in [5, 5.41) is 15.9. The lowest BCUT2D eigenvalue weighted by Gasteiger charge is -2.09. The lowest BCUT2D eigenvalue weighted by molar-refractivity contribution is 0.312. The van der Waals surface area contributed by atoms with Crippen molar-refractivity contribution in [1.82, 2.24) is 0 Å². The van der Waals surface area contributed by atoms with E-state index in [-0.39, 0.29) is 5.69 Å². The number of nitrogens with one attached hydrogen (secondary N) is 1. The third kappa shape index (κ3) is 1.53. The average molecular weight is 154 g/mol. The molecule has 0 fully saturated rings. The van der Waals surface area contributed by atoms with Gasteiger partial charge >= 0.3 is 0 Å². The fourth-order valence-corrected chi connectivity index (χ4v) is 0.707. The third-order valence-electron chi connectivity index (χ3n) is 1.22. The Bertz CT molecular complexity index is 264. The van der Waals surface area contributed by atoms with Gasteiger partial charge in [-0.25, -0.2) is 9.45 Å². The number of anilines is 1. The number of nitrogens with zero attached hydrogens (tertiary/aromatic N) is 1. The van der Waals surface area contributed by atoms with Gasteiger partial charge in [-0.1, -0.05) is 12.1 Å². The summed E-state index contributed by atoms with van der Waals surface area (Å²) in [6.45, 7) is 0. The molecule has 0 bridgehead atoms. The largest absolute Gasteiger partial charge is 0.289 e. The van der Waals surface area contributed by atoms with Crippen molar-refractivity contribution >= 4 is 12.0 Å². The van der Waals surface area contributed by atoms with Crippen LogP contribution in [0.25, 0.3) is 0 Å². The van der Waals surface area contributed by atoms with Crippen LogP contribution >= 0.6 is 0 Å². The van der Waals surface area contributed by atoms with Gasteiger partial charge in [0.05, 0.1) is 0 Å². The van der Waals surface area contributed by atoms with Gasteiger partial charge in [0.1, 0.15) is 17.8 Å². The van der Waals surface area contributed by atoms with Crippen LogP contribution in [0.4, 0.5) is 10.1 Å². The van der Waals surface area contributed by atoms with Crippen LogP contribution in [0, 0.1) is 11.2 Å². The molecule has 4 heteroatoms. The summed E-state index contributed by atoms with van der Waals surface area (Å²) in [6, 6.07) is 5.67. The number of halogens is 1. The number of hydrogen-bond acceptors (Lipinski definition) is 2. The number of hydroxylamine groups is 1. The zero-order valence-electron chi connectivity index (χ0n) is 5.66. The highest BCUT2D eigenvalue weighted by Crippen LogP contribution is 2.14. The van der Waals surface area contributed by atoms with Crippen LogP contribution in [-0.4, -0.2) is 11.5 Å². The smallest absolute Gasteiger partial charge is 0.149 e. The van der Waals surface area contributed by atoms with Crippen molar-refractivity contribution < 1.29 is 9.60 Å². The predicted octanol–water partition coefficient (Wildman–Crippen LogP) is 1.63. The average Bonchev–Trinajstić information content (AvgIpc) is 2.04. The quantitative estimate of drug-likeness (QED) is 0.386. The first kappa shape index (κ1) is 7.68. The summed E-state index contributed by atoms with van der Waals surface area (Å²) in [5.74, 6) is -0.557. The first-order chi connectivity index (χ1) is 5.25. The molecule has 0 aliphatic heterocycles. The van der Waals surface area contributed by atoms with Crippen molar-refractivity contribution in [1.29, 1.82) is 5.41 Å². The highest BCUT2D eigenvalue weighted by atomic mass is 19.1. The standard InChI is InChI=1S/C7H7FN2O/c8-6-3-1-2-4-7(6)10(11)5-9/h1-5,9,11H. The predicted molar refractivity (Wildman–Crippen MR) is 39.4 cm³/mol. The van der Waals surface area contributed by atoms with E-state index in [2.05, 4.69) is 0 Å². The summed E-state index contributed by atoms with van der Waals surface area (Å²) >= 11 is 0. The molecule has 0 unspecified atom stereocenters. The SMILES string of the molecule is N=CN(O)c1ccccc1F. The van der Waals surface area contributed by atoms with E-state index in [9.17, 15) is 4.39 Å². The summed E-state index contributed by atoms with van der Waals surface area (Å²) in [5.41, 5.74) is -0.0255. The molecule has 0 saturated heterocycles. The minimum Gasteiger partial charge on any atom is -0.289 e. The van der Waals surface area contributed by atoms with E-state index >= 15 is 0 Å². The Morgan fingerprint density at radius 3 is 2.64 bits per heavy atom. The zero-order chi connectivity index (χ0) is 8.27. The van der Waals surface area contributed by atoms with Gasteiger partial charge in [-0.2, -0.15) is 0 Å². The number of benzene rings is 1. The second kappa shape index (κ2) is 3.12. The minimum absolute atomic E-state index is 0.0255. The highest BCUT2D eigenvalue weighted by molar-refractivity contribution is 5.73. The van der Waals surface area contributed by atoms with E-state index in [1.54, 1.807) is 6.07 Å². The van der Waals surface area contributed by atoms with Crippen LogP contribution in [0.3, 0.4) is 0 Å². The zero-order valence-corrected chi connectivity index (χ0v) is 5.66. The molecule has 11 heavy (non-hydrogen) atoms. The minimum atomic E-state index is -0.557. The first-order valence-electron chi connectivity index (χ1n) is 2.99. The van der Waals surface area contributed by atoms with E-state index in [4.69, 9.17) is 10.6 Å². The molecule has 1 aromatic rings. The van der Waals surface area contributed by atoms with Crippen LogP contribution in [0.2, 0.25) is 0 Å². The van der Waals surface area contributed by atoms with Crippen molar-refractivity contribution in [2.45, 2.75) is 0 Å². The Morgan fingerprint density at radius 2 is 2.09 bits per heavy atom. The molecule has 0 radical (unpaired) electrons. The molecule has 0 aliphatic carbocycles. The number of rotatable bonds is 2. The molecular weight excluding hydrogens is 147 g/mol. The molecule has 3 nitrogen and oxygen atoms in total. The Labute approximate surface area is 63.2 Å². The Kier molecular flexibility index (Phi) is 2.18. The third-order valence-corrected chi connectivity index (χ3v) is 1.22. The van der Waals surface area contributed by atoms with Crippen molar-refractivity contribution in [3.05, 3.63) is 30.1 Å². The van der Waals surface area contributed by atoms with Crippen LogP contribution in [-0.2, 0) is 0 Å². The van der Waals surface area contributed by atoms with Crippen molar-refractivity contribution in [2.24, 2.45) is 0 Å². The second-order valence-electron chi connectivity index (χ2n) is 1.93. The van der Waals surface area contributed by atoms with Crippen LogP contribution in [0.15, 0.2) is 24.3 Å². The van der Waals surface area contributed by atoms with E-state index in [1.165, 1.54) is 18.2 Å². The molecule has 1 aromatic carbocycles. The van der Waals surface area contributed by atoms with Gasteiger partial charge in [0.25, 0.3) is 0 Å². The maximum absolute atomic E-state index is 12.7. The van der Waals surface area contributed by atoms with Gasteiger partial charge in [-0.05, 0) is 12.1 Å². The van der Waals surface area contributed by atoms with Crippen molar-refractivity contribution in [3.8, 4) is 0 Å². The monoisotopic (exact) mass is 154 g/mol. The molecule has 0 amide bonds. The van der Waals surface area contributed by atoms with Crippen LogP contribution in [0.1, 0.15) is 0 Å². The topological polar surface area (TPSA) is 47.3 Å². The van der Waals surface area contributed by atoms with Gasteiger partial charge in [0.2, 0.25) is 0 Å². The molecule has 0 atom stereocenters. The Morgan fingerprint density at radius 1 is 1.45 bits per heavy atom. The summed E-state index contributed by atoms with van der Waals surface area (Å²) < 4.78 is 12.7. The number of hydrogen-bond donors (Lipinski definition) is 2. The van der Waals surface area contributed by atoms with E-state index in [0.717, 1.165) is 0 Å². The molecule has 0 heterocycles. The lowest BCUT2D eigenvalue weighted by atomic mass is 10.3. The summed E-state index contributed by atoms with van der Waals surface area (Å²) in [4.78, 5) is 0. The Hall–Kier alpha value is -1.42. The molecule has 0 saturated carbocycles. The van der Waals surface area contributed by atoms with Gasteiger partial charge in [-0.15, -0.1) is 0 Å². The molecule has 0 aliphatic rings. The van der Waals surface area contributed by atoms with Crippen molar-refractivity contribution in [2.75, 3.05) is 5.06 Å². The maximum atomic E-state index is 12.7. The molecule has 0 aromatic heterocycles. The molecular formula is C7H7FN2O. The lowest BCUT2D eigenvalue weighted by Crippen LogP contribution is -2.15. The number of para-hydroxylation sites is 1. The summed E-state index contributed by atoms with van der Waals surface area (Å²) in [7, 11) is 0. The molecule has 1 rings (SSSR count). The fourth-order valence-electron chi connectivity index (χ4n) is 0.707. The van der Waals surface area contributed by atoms with Crippen molar-refractivity contribution in [3.63, 3.8) is 0 Å². The van der Waals surface area contributed by atoms with Gasteiger partial charge in [0.15, 0.2) is 0 Å². The van der Waals surface area contributed by atoms with Crippen LogP contribution < -0.4 is 5.06 Å².